The van der Waals surface area contributed by atoms with E-state index in [-0.39, 0.29) is 0 Å². The normalized spacial score (nSPS) is 10.7. The number of rotatable bonds is 4. The molecule has 2 aromatic rings. The monoisotopic (exact) mass is 261 g/mol. The molecule has 0 amide bonds. The first-order valence-electron chi connectivity index (χ1n) is 6.38. The molecule has 0 unspecified atom stereocenters. The van der Waals surface area contributed by atoms with Crippen molar-refractivity contribution >= 4 is 0 Å². The van der Waals surface area contributed by atoms with E-state index in [9.17, 15) is 8.78 Å². The summed E-state index contributed by atoms with van der Waals surface area (Å²) in [6.07, 6.45) is 0. The molecule has 0 atom stereocenters. The van der Waals surface area contributed by atoms with Gasteiger partial charge in [0.05, 0.1) is 0 Å². The summed E-state index contributed by atoms with van der Waals surface area (Å²) >= 11 is 0. The van der Waals surface area contributed by atoms with Crippen molar-refractivity contribution in [2.24, 2.45) is 0 Å². The van der Waals surface area contributed by atoms with Crippen LogP contribution in [0.15, 0.2) is 36.4 Å². The summed E-state index contributed by atoms with van der Waals surface area (Å²) in [7, 11) is 0. The van der Waals surface area contributed by atoms with Gasteiger partial charge in [0.1, 0.15) is 11.6 Å². The van der Waals surface area contributed by atoms with Gasteiger partial charge in [-0.1, -0.05) is 31.2 Å². The molecule has 0 saturated carbocycles. The molecule has 2 aromatic carbocycles. The van der Waals surface area contributed by atoms with Crippen LogP contribution in [0.25, 0.3) is 11.1 Å². The molecule has 0 heterocycles. The molecule has 100 valence electrons. The van der Waals surface area contributed by atoms with E-state index in [1.54, 1.807) is 13.0 Å². The Bertz CT molecular complexity index is 579. The molecule has 0 radical (unpaired) electrons. The van der Waals surface area contributed by atoms with E-state index in [0.717, 1.165) is 23.7 Å². The summed E-state index contributed by atoms with van der Waals surface area (Å²) in [5.74, 6) is -1.03. The lowest BCUT2D eigenvalue weighted by Crippen LogP contribution is -2.12. The minimum Gasteiger partial charge on any atom is -0.313 e. The van der Waals surface area contributed by atoms with Gasteiger partial charge in [-0.05, 0) is 36.2 Å². The van der Waals surface area contributed by atoms with Crippen molar-refractivity contribution in [3.8, 4) is 11.1 Å². The van der Waals surface area contributed by atoms with Gasteiger partial charge in [-0.2, -0.15) is 0 Å². The lowest BCUT2D eigenvalue weighted by atomic mass is 9.97. The Morgan fingerprint density at radius 2 is 1.74 bits per heavy atom. The number of hydrogen-bond donors (Lipinski definition) is 1. The zero-order valence-electron chi connectivity index (χ0n) is 11.1. The van der Waals surface area contributed by atoms with Crippen molar-refractivity contribution in [2.45, 2.75) is 20.4 Å². The first-order chi connectivity index (χ1) is 9.13. The van der Waals surface area contributed by atoms with Gasteiger partial charge < -0.3 is 5.32 Å². The van der Waals surface area contributed by atoms with Gasteiger partial charge in [0.25, 0.3) is 0 Å². The van der Waals surface area contributed by atoms with E-state index in [1.165, 1.54) is 0 Å². The molecule has 0 spiro atoms. The van der Waals surface area contributed by atoms with Crippen LogP contribution >= 0.6 is 0 Å². The fraction of sp³-hybridized carbons (Fsp3) is 0.250. The summed E-state index contributed by atoms with van der Waals surface area (Å²) in [6, 6.07) is 10.1. The van der Waals surface area contributed by atoms with Crippen molar-refractivity contribution in [2.75, 3.05) is 6.54 Å². The Hall–Kier alpha value is -1.74. The van der Waals surface area contributed by atoms with Crippen LogP contribution in [0.1, 0.15) is 18.1 Å². The molecule has 3 heteroatoms. The molecule has 0 bridgehead atoms. The molecule has 0 aromatic heterocycles. The predicted octanol–water partition coefficient (Wildman–Crippen LogP) is 4.05. The van der Waals surface area contributed by atoms with E-state index >= 15 is 0 Å². The van der Waals surface area contributed by atoms with Crippen molar-refractivity contribution in [3.05, 3.63) is 59.2 Å². The predicted molar refractivity (Wildman–Crippen MR) is 73.9 cm³/mol. The Balaban J connectivity index is 2.49. The zero-order chi connectivity index (χ0) is 13.8. The lowest BCUT2D eigenvalue weighted by Gasteiger charge is -2.12. The highest BCUT2D eigenvalue weighted by Gasteiger charge is 2.12. The molecule has 2 rings (SSSR count). The maximum absolute atomic E-state index is 14.0. The summed E-state index contributed by atoms with van der Waals surface area (Å²) in [4.78, 5) is 0. The highest BCUT2D eigenvalue weighted by molar-refractivity contribution is 5.68. The van der Waals surface area contributed by atoms with Gasteiger partial charge >= 0.3 is 0 Å². The van der Waals surface area contributed by atoms with Gasteiger partial charge in [0, 0.05) is 18.2 Å². The number of nitrogens with one attached hydrogen (secondary N) is 1. The first kappa shape index (κ1) is 13.7. The van der Waals surface area contributed by atoms with Crippen molar-refractivity contribution in [1.82, 2.24) is 5.32 Å². The van der Waals surface area contributed by atoms with Crippen LogP contribution in [-0.2, 0) is 6.54 Å². The Morgan fingerprint density at radius 1 is 1.00 bits per heavy atom. The quantitative estimate of drug-likeness (QED) is 0.875. The summed E-state index contributed by atoms with van der Waals surface area (Å²) < 4.78 is 27.3. The molecule has 1 nitrogen and oxygen atoms in total. The van der Waals surface area contributed by atoms with Crippen LogP contribution < -0.4 is 5.32 Å². The van der Waals surface area contributed by atoms with Crippen LogP contribution in [0.2, 0.25) is 0 Å². The maximum Gasteiger partial charge on any atom is 0.133 e. The fourth-order valence-electron chi connectivity index (χ4n) is 2.06. The van der Waals surface area contributed by atoms with Crippen molar-refractivity contribution in [3.63, 3.8) is 0 Å². The number of halogens is 2. The maximum atomic E-state index is 14.0. The highest BCUT2D eigenvalue weighted by Crippen LogP contribution is 2.28. The van der Waals surface area contributed by atoms with Gasteiger partial charge in [-0.3, -0.25) is 0 Å². The third kappa shape index (κ3) is 2.99. The van der Waals surface area contributed by atoms with E-state index in [1.807, 2.05) is 31.2 Å². The minimum absolute atomic E-state index is 0.451. The van der Waals surface area contributed by atoms with Gasteiger partial charge in [-0.15, -0.1) is 0 Å². The van der Waals surface area contributed by atoms with Crippen LogP contribution in [0, 0.1) is 18.6 Å². The summed E-state index contributed by atoms with van der Waals surface area (Å²) in [6.45, 7) is 5.18. The second kappa shape index (κ2) is 5.93. The molecule has 0 fully saturated rings. The van der Waals surface area contributed by atoms with Crippen molar-refractivity contribution < 1.29 is 8.78 Å². The molecular weight excluding hydrogens is 244 g/mol. The Labute approximate surface area is 112 Å². The lowest BCUT2D eigenvalue weighted by molar-refractivity contribution is 0.579. The molecule has 0 saturated heterocycles. The Morgan fingerprint density at radius 3 is 2.47 bits per heavy atom. The van der Waals surface area contributed by atoms with Gasteiger partial charge in [0.2, 0.25) is 0 Å². The number of benzene rings is 2. The van der Waals surface area contributed by atoms with E-state index in [4.69, 9.17) is 0 Å². The molecule has 1 N–H and O–H groups in total. The summed E-state index contributed by atoms with van der Waals surface area (Å²) in [5.41, 5.74) is 2.72. The fourth-order valence-corrected chi connectivity index (χ4v) is 2.06. The average Bonchev–Trinajstić information content (AvgIpc) is 2.41. The molecular formula is C16H17F2N. The minimum atomic E-state index is -0.521. The average molecular weight is 261 g/mol. The third-order valence-corrected chi connectivity index (χ3v) is 3.12. The molecule has 19 heavy (non-hydrogen) atoms. The van der Waals surface area contributed by atoms with Crippen LogP contribution in [-0.4, -0.2) is 6.54 Å². The topological polar surface area (TPSA) is 12.0 Å². The van der Waals surface area contributed by atoms with E-state index in [0.29, 0.717) is 17.7 Å². The molecule has 0 aliphatic heterocycles. The standard InChI is InChI=1S/C16H17F2N/c1-3-19-10-12-6-4-5-7-13(12)14-8-11(2)15(17)9-16(14)18/h4-9,19H,3,10H2,1-2H3. The van der Waals surface area contributed by atoms with Crippen LogP contribution in [0.5, 0.6) is 0 Å². The second-order valence-corrected chi connectivity index (χ2v) is 4.52. The van der Waals surface area contributed by atoms with Crippen molar-refractivity contribution in [1.29, 1.82) is 0 Å². The summed E-state index contributed by atoms with van der Waals surface area (Å²) in [5, 5.41) is 3.22. The number of hydrogen-bond acceptors (Lipinski definition) is 1. The second-order valence-electron chi connectivity index (χ2n) is 4.52. The molecule has 0 aliphatic rings. The van der Waals surface area contributed by atoms with Crippen LogP contribution in [0.3, 0.4) is 0 Å². The van der Waals surface area contributed by atoms with E-state index in [2.05, 4.69) is 5.32 Å². The third-order valence-electron chi connectivity index (χ3n) is 3.12. The number of aryl methyl sites for hydroxylation is 1. The smallest absolute Gasteiger partial charge is 0.133 e. The SMILES string of the molecule is CCNCc1ccccc1-c1cc(C)c(F)cc1F. The van der Waals surface area contributed by atoms with Gasteiger partial charge in [-0.25, -0.2) is 8.78 Å². The molecule has 0 aliphatic carbocycles. The Kier molecular flexibility index (Phi) is 4.27. The zero-order valence-corrected chi connectivity index (χ0v) is 11.1. The van der Waals surface area contributed by atoms with E-state index < -0.39 is 11.6 Å². The highest BCUT2D eigenvalue weighted by atomic mass is 19.1. The first-order valence-corrected chi connectivity index (χ1v) is 6.38. The largest absolute Gasteiger partial charge is 0.313 e. The van der Waals surface area contributed by atoms with Gasteiger partial charge in [0.15, 0.2) is 0 Å². The van der Waals surface area contributed by atoms with Crippen LogP contribution in [0.4, 0.5) is 8.78 Å².